The maximum atomic E-state index is 12.0. The molecule has 1 heterocycles. The van der Waals surface area contributed by atoms with Crippen molar-refractivity contribution in [2.75, 3.05) is 20.1 Å². The standard InChI is InChI=1S/C11H20N2O3/c1-4-6-12(3)11(16)13-7-5-9(8(13)2)10(14)15/h8-9H,4-7H2,1-3H3,(H,14,15). The zero-order valence-electron chi connectivity index (χ0n) is 10.1. The Balaban J connectivity index is 2.62. The number of carboxylic acid groups (broad SMARTS) is 1. The first kappa shape index (κ1) is 12.8. The topological polar surface area (TPSA) is 60.9 Å². The zero-order chi connectivity index (χ0) is 12.3. The molecular formula is C11H20N2O3. The molecule has 5 heteroatoms. The molecule has 5 nitrogen and oxygen atoms in total. The Bertz CT molecular complexity index is 280. The molecule has 0 spiro atoms. The van der Waals surface area contributed by atoms with Gasteiger partial charge in [-0.15, -0.1) is 0 Å². The highest BCUT2D eigenvalue weighted by atomic mass is 16.4. The third kappa shape index (κ3) is 2.46. The van der Waals surface area contributed by atoms with Crippen LogP contribution in [0.1, 0.15) is 26.7 Å². The quantitative estimate of drug-likeness (QED) is 0.790. The van der Waals surface area contributed by atoms with E-state index in [1.807, 2.05) is 13.8 Å². The van der Waals surface area contributed by atoms with Crippen LogP contribution in [0.5, 0.6) is 0 Å². The number of amides is 2. The summed E-state index contributed by atoms with van der Waals surface area (Å²) in [4.78, 5) is 26.2. The molecule has 0 saturated carbocycles. The van der Waals surface area contributed by atoms with Gasteiger partial charge in [0.1, 0.15) is 0 Å². The van der Waals surface area contributed by atoms with Crippen LogP contribution < -0.4 is 0 Å². The van der Waals surface area contributed by atoms with E-state index in [9.17, 15) is 9.59 Å². The SMILES string of the molecule is CCCN(C)C(=O)N1CCC(C(=O)O)C1C. The molecule has 1 N–H and O–H groups in total. The highest BCUT2D eigenvalue weighted by molar-refractivity contribution is 5.78. The second-order valence-corrected chi connectivity index (χ2v) is 4.37. The van der Waals surface area contributed by atoms with Crippen LogP contribution in [0.4, 0.5) is 4.79 Å². The van der Waals surface area contributed by atoms with Crippen LogP contribution in [0.2, 0.25) is 0 Å². The van der Waals surface area contributed by atoms with Crippen molar-refractivity contribution in [3.63, 3.8) is 0 Å². The molecule has 1 fully saturated rings. The number of urea groups is 1. The lowest BCUT2D eigenvalue weighted by Gasteiger charge is -2.28. The Morgan fingerprint density at radius 2 is 2.12 bits per heavy atom. The van der Waals surface area contributed by atoms with E-state index in [2.05, 4.69) is 0 Å². The molecule has 2 unspecified atom stereocenters. The summed E-state index contributed by atoms with van der Waals surface area (Å²) in [6.45, 7) is 5.07. The van der Waals surface area contributed by atoms with E-state index in [1.165, 1.54) is 0 Å². The van der Waals surface area contributed by atoms with E-state index < -0.39 is 11.9 Å². The summed E-state index contributed by atoms with van der Waals surface area (Å²) in [7, 11) is 1.76. The first-order valence-electron chi connectivity index (χ1n) is 5.73. The summed E-state index contributed by atoms with van der Waals surface area (Å²) in [6, 6.07) is -0.262. The highest BCUT2D eigenvalue weighted by Crippen LogP contribution is 2.25. The van der Waals surface area contributed by atoms with Crippen LogP contribution >= 0.6 is 0 Å². The summed E-state index contributed by atoms with van der Waals surface area (Å²) < 4.78 is 0. The first-order valence-corrected chi connectivity index (χ1v) is 5.73. The number of rotatable bonds is 3. The third-order valence-corrected chi connectivity index (χ3v) is 3.20. The molecule has 2 atom stereocenters. The fraction of sp³-hybridized carbons (Fsp3) is 0.818. The van der Waals surface area contributed by atoms with Crippen LogP contribution in [0.15, 0.2) is 0 Å². The molecule has 16 heavy (non-hydrogen) atoms. The summed E-state index contributed by atoms with van der Waals surface area (Å²) in [6.07, 6.45) is 1.47. The molecule has 1 saturated heterocycles. The van der Waals surface area contributed by atoms with Gasteiger partial charge in [0.2, 0.25) is 0 Å². The summed E-state index contributed by atoms with van der Waals surface area (Å²) in [5.74, 6) is -1.22. The lowest BCUT2D eigenvalue weighted by atomic mass is 10.0. The predicted octanol–water partition coefficient (Wildman–Crippen LogP) is 1.24. The van der Waals surface area contributed by atoms with Crippen LogP contribution in [-0.4, -0.2) is 53.1 Å². The molecule has 1 rings (SSSR count). The minimum atomic E-state index is -0.805. The molecule has 0 aromatic carbocycles. The average molecular weight is 228 g/mol. The van der Waals surface area contributed by atoms with Crippen molar-refractivity contribution in [3.05, 3.63) is 0 Å². The molecule has 0 bridgehead atoms. The minimum Gasteiger partial charge on any atom is -0.481 e. The van der Waals surface area contributed by atoms with Gasteiger partial charge in [0.25, 0.3) is 0 Å². The molecule has 0 aromatic rings. The maximum Gasteiger partial charge on any atom is 0.320 e. The Kier molecular flexibility index (Phi) is 4.15. The Morgan fingerprint density at radius 1 is 1.50 bits per heavy atom. The molecule has 92 valence electrons. The van der Waals surface area contributed by atoms with Crippen molar-refractivity contribution in [2.24, 2.45) is 5.92 Å². The van der Waals surface area contributed by atoms with E-state index in [0.717, 1.165) is 6.42 Å². The van der Waals surface area contributed by atoms with Gasteiger partial charge in [0.15, 0.2) is 0 Å². The van der Waals surface area contributed by atoms with Gasteiger partial charge in [0.05, 0.1) is 5.92 Å². The monoisotopic (exact) mass is 228 g/mol. The summed E-state index contributed by atoms with van der Waals surface area (Å²) in [5.41, 5.74) is 0. The van der Waals surface area contributed by atoms with E-state index in [0.29, 0.717) is 19.5 Å². The van der Waals surface area contributed by atoms with E-state index in [1.54, 1.807) is 16.8 Å². The van der Waals surface area contributed by atoms with Gasteiger partial charge < -0.3 is 14.9 Å². The van der Waals surface area contributed by atoms with Crippen molar-refractivity contribution < 1.29 is 14.7 Å². The summed E-state index contributed by atoms with van der Waals surface area (Å²) >= 11 is 0. The minimum absolute atomic E-state index is 0.0573. The number of nitrogens with zero attached hydrogens (tertiary/aromatic N) is 2. The molecule has 0 radical (unpaired) electrons. The number of carbonyl (C=O) groups is 2. The van der Waals surface area contributed by atoms with Gasteiger partial charge in [-0.25, -0.2) is 4.79 Å². The predicted molar refractivity (Wildman–Crippen MR) is 60.2 cm³/mol. The largest absolute Gasteiger partial charge is 0.481 e. The first-order chi connectivity index (χ1) is 7.49. The molecule has 1 aliphatic rings. The second-order valence-electron chi connectivity index (χ2n) is 4.37. The fourth-order valence-corrected chi connectivity index (χ4v) is 2.19. The lowest BCUT2D eigenvalue weighted by molar-refractivity contribution is -0.142. The van der Waals surface area contributed by atoms with Crippen molar-refractivity contribution in [3.8, 4) is 0 Å². The van der Waals surface area contributed by atoms with Gasteiger partial charge in [-0.1, -0.05) is 6.92 Å². The molecule has 0 aliphatic carbocycles. The third-order valence-electron chi connectivity index (χ3n) is 3.20. The van der Waals surface area contributed by atoms with Crippen LogP contribution in [0, 0.1) is 5.92 Å². The lowest BCUT2D eigenvalue weighted by Crippen LogP contribution is -2.44. The van der Waals surface area contributed by atoms with Crippen molar-refractivity contribution in [1.82, 2.24) is 9.80 Å². The summed E-state index contributed by atoms with van der Waals surface area (Å²) in [5, 5.41) is 8.97. The fourth-order valence-electron chi connectivity index (χ4n) is 2.19. The molecule has 0 aromatic heterocycles. The Labute approximate surface area is 96.0 Å². The van der Waals surface area contributed by atoms with Gasteiger partial charge >= 0.3 is 12.0 Å². The van der Waals surface area contributed by atoms with Gasteiger partial charge in [-0.3, -0.25) is 4.79 Å². The zero-order valence-corrected chi connectivity index (χ0v) is 10.1. The van der Waals surface area contributed by atoms with Crippen LogP contribution in [0.3, 0.4) is 0 Å². The van der Waals surface area contributed by atoms with E-state index >= 15 is 0 Å². The smallest absolute Gasteiger partial charge is 0.320 e. The van der Waals surface area contributed by atoms with Crippen molar-refractivity contribution >= 4 is 12.0 Å². The molecular weight excluding hydrogens is 208 g/mol. The van der Waals surface area contributed by atoms with Crippen molar-refractivity contribution in [1.29, 1.82) is 0 Å². The van der Waals surface area contributed by atoms with Crippen molar-refractivity contribution in [2.45, 2.75) is 32.7 Å². The number of carbonyl (C=O) groups excluding carboxylic acids is 1. The maximum absolute atomic E-state index is 12.0. The second kappa shape index (κ2) is 5.18. The highest BCUT2D eigenvalue weighted by Gasteiger charge is 2.38. The van der Waals surface area contributed by atoms with Gasteiger partial charge in [-0.05, 0) is 19.8 Å². The number of aliphatic carboxylic acids is 1. The number of likely N-dealkylation sites (tertiary alicyclic amines) is 1. The number of hydrogen-bond donors (Lipinski definition) is 1. The van der Waals surface area contributed by atoms with E-state index in [-0.39, 0.29) is 12.1 Å². The Hall–Kier alpha value is -1.26. The number of hydrogen-bond acceptors (Lipinski definition) is 2. The average Bonchev–Trinajstić information content (AvgIpc) is 2.59. The Morgan fingerprint density at radius 3 is 2.56 bits per heavy atom. The van der Waals surface area contributed by atoms with Crippen LogP contribution in [0.25, 0.3) is 0 Å². The normalized spacial score (nSPS) is 24.6. The van der Waals surface area contributed by atoms with E-state index in [4.69, 9.17) is 5.11 Å². The van der Waals surface area contributed by atoms with Gasteiger partial charge in [0, 0.05) is 26.2 Å². The molecule has 1 aliphatic heterocycles. The molecule has 2 amide bonds. The number of carboxylic acids is 1. The van der Waals surface area contributed by atoms with Crippen LogP contribution in [-0.2, 0) is 4.79 Å². The van der Waals surface area contributed by atoms with Gasteiger partial charge in [-0.2, -0.15) is 0 Å².